The minimum Gasteiger partial charge on any atom is -0.299 e. The summed E-state index contributed by atoms with van der Waals surface area (Å²) in [7, 11) is 1.57. The van der Waals surface area contributed by atoms with Crippen molar-refractivity contribution in [1.29, 1.82) is 0 Å². The van der Waals surface area contributed by atoms with Crippen LogP contribution in [0.1, 0.15) is 30.9 Å². The van der Waals surface area contributed by atoms with E-state index in [9.17, 15) is 9.59 Å². The number of nitrogens with zero attached hydrogens (tertiary/aromatic N) is 1. The molecule has 0 spiro atoms. The lowest BCUT2D eigenvalue weighted by Crippen LogP contribution is -2.52. The predicted molar refractivity (Wildman–Crippen MR) is 78.5 cm³/mol. The van der Waals surface area contributed by atoms with Gasteiger partial charge >= 0.3 is 0 Å². The SMILES string of the molecule is CN1C(=O)CCC(NC2CCSc3ccccc32)C1=O. The first-order chi connectivity index (χ1) is 9.66. The second kappa shape index (κ2) is 5.58. The summed E-state index contributed by atoms with van der Waals surface area (Å²) in [4.78, 5) is 26.2. The van der Waals surface area contributed by atoms with Gasteiger partial charge in [0.05, 0.1) is 6.04 Å². The molecule has 106 valence electrons. The molecular formula is C15H18N2O2S. The molecule has 2 heterocycles. The Balaban J connectivity index is 1.76. The lowest BCUT2D eigenvalue weighted by molar-refractivity contribution is -0.148. The smallest absolute Gasteiger partial charge is 0.246 e. The number of rotatable bonds is 2. The second-order valence-corrected chi connectivity index (χ2v) is 6.41. The largest absolute Gasteiger partial charge is 0.299 e. The van der Waals surface area contributed by atoms with Gasteiger partial charge in [-0.25, -0.2) is 0 Å². The summed E-state index contributed by atoms with van der Waals surface area (Å²) in [6, 6.07) is 8.32. The van der Waals surface area contributed by atoms with Crippen LogP contribution in [0.3, 0.4) is 0 Å². The molecule has 0 aliphatic carbocycles. The standard InChI is InChI=1S/C15H18N2O2S/c1-17-14(18)7-6-12(15(17)19)16-11-8-9-20-13-5-3-2-4-10(11)13/h2-5,11-12,16H,6-9H2,1H3. The molecule has 2 aliphatic heterocycles. The number of carbonyl (C=O) groups excluding carboxylic acids is 2. The van der Waals surface area contributed by atoms with Crippen molar-refractivity contribution in [2.45, 2.75) is 36.2 Å². The van der Waals surface area contributed by atoms with Gasteiger partial charge in [-0.05, 0) is 30.2 Å². The van der Waals surface area contributed by atoms with E-state index >= 15 is 0 Å². The minimum atomic E-state index is -0.237. The fourth-order valence-corrected chi connectivity index (χ4v) is 3.95. The van der Waals surface area contributed by atoms with Gasteiger partial charge in [-0.1, -0.05) is 18.2 Å². The molecule has 5 heteroatoms. The van der Waals surface area contributed by atoms with Crippen molar-refractivity contribution in [3.63, 3.8) is 0 Å². The summed E-state index contributed by atoms with van der Waals surface area (Å²) in [6.45, 7) is 0. The van der Waals surface area contributed by atoms with Crippen molar-refractivity contribution in [2.75, 3.05) is 12.8 Å². The van der Waals surface area contributed by atoms with Gasteiger partial charge in [-0.2, -0.15) is 0 Å². The van der Waals surface area contributed by atoms with Crippen molar-refractivity contribution >= 4 is 23.6 Å². The Hall–Kier alpha value is -1.33. The maximum absolute atomic E-state index is 12.2. The molecule has 2 amide bonds. The van der Waals surface area contributed by atoms with E-state index in [1.165, 1.54) is 15.4 Å². The zero-order valence-corrected chi connectivity index (χ0v) is 12.3. The summed E-state index contributed by atoms with van der Waals surface area (Å²) >= 11 is 1.87. The van der Waals surface area contributed by atoms with E-state index < -0.39 is 0 Å². The number of imide groups is 1. The first-order valence-electron chi connectivity index (χ1n) is 6.95. The number of hydrogen-bond acceptors (Lipinski definition) is 4. The first kappa shape index (κ1) is 13.6. The van der Waals surface area contributed by atoms with Crippen LogP contribution in [-0.2, 0) is 9.59 Å². The maximum Gasteiger partial charge on any atom is 0.246 e. The van der Waals surface area contributed by atoms with E-state index in [1.54, 1.807) is 7.05 Å². The zero-order chi connectivity index (χ0) is 14.1. The Bertz CT molecular complexity index is 546. The number of piperidine rings is 1. The van der Waals surface area contributed by atoms with Gasteiger partial charge in [-0.3, -0.25) is 19.8 Å². The maximum atomic E-state index is 12.2. The van der Waals surface area contributed by atoms with Gasteiger partial charge in [0.15, 0.2) is 0 Å². The normalized spacial score (nSPS) is 26.6. The topological polar surface area (TPSA) is 49.4 Å². The fourth-order valence-electron chi connectivity index (χ4n) is 2.83. The molecular weight excluding hydrogens is 272 g/mol. The van der Waals surface area contributed by atoms with Crippen molar-refractivity contribution in [3.05, 3.63) is 29.8 Å². The highest BCUT2D eigenvalue weighted by molar-refractivity contribution is 7.99. The van der Waals surface area contributed by atoms with Gasteiger partial charge in [0, 0.05) is 24.4 Å². The highest BCUT2D eigenvalue weighted by Crippen LogP contribution is 2.36. The molecule has 2 aliphatic rings. The van der Waals surface area contributed by atoms with Crippen LogP contribution < -0.4 is 5.32 Å². The Kier molecular flexibility index (Phi) is 3.81. The predicted octanol–water partition coefficient (Wildman–Crippen LogP) is 1.96. The van der Waals surface area contributed by atoms with Crippen LogP contribution in [0.5, 0.6) is 0 Å². The third kappa shape index (κ3) is 2.47. The van der Waals surface area contributed by atoms with Gasteiger partial charge in [0.25, 0.3) is 0 Å². The van der Waals surface area contributed by atoms with Gasteiger partial charge < -0.3 is 0 Å². The number of benzene rings is 1. The molecule has 2 atom stereocenters. The fraction of sp³-hybridized carbons (Fsp3) is 0.467. The quantitative estimate of drug-likeness (QED) is 0.846. The number of nitrogens with one attached hydrogen (secondary N) is 1. The lowest BCUT2D eigenvalue weighted by atomic mass is 9.99. The molecule has 0 saturated carbocycles. The molecule has 20 heavy (non-hydrogen) atoms. The lowest BCUT2D eigenvalue weighted by Gasteiger charge is -2.33. The van der Waals surface area contributed by atoms with E-state index in [0.29, 0.717) is 12.8 Å². The van der Waals surface area contributed by atoms with Gasteiger partial charge in [-0.15, -0.1) is 11.8 Å². The number of carbonyl (C=O) groups is 2. The zero-order valence-electron chi connectivity index (χ0n) is 11.5. The average molecular weight is 290 g/mol. The number of fused-ring (bicyclic) bond motifs is 1. The third-order valence-corrected chi connectivity index (χ3v) is 5.13. The molecule has 0 bridgehead atoms. The van der Waals surface area contributed by atoms with Crippen LogP contribution in [0.2, 0.25) is 0 Å². The number of hydrogen-bond donors (Lipinski definition) is 1. The molecule has 1 saturated heterocycles. The van der Waals surface area contributed by atoms with E-state index in [2.05, 4.69) is 17.4 Å². The van der Waals surface area contributed by atoms with Crippen LogP contribution >= 0.6 is 11.8 Å². The van der Waals surface area contributed by atoms with Gasteiger partial charge in [0.2, 0.25) is 11.8 Å². The highest BCUT2D eigenvalue weighted by atomic mass is 32.2. The van der Waals surface area contributed by atoms with Crippen LogP contribution in [0.25, 0.3) is 0 Å². The third-order valence-electron chi connectivity index (χ3n) is 4.01. The van der Waals surface area contributed by atoms with Crippen LogP contribution in [0.4, 0.5) is 0 Å². The Morgan fingerprint density at radius 3 is 2.85 bits per heavy atom. The van der Waals surface area contributed by atoms with Crippen LogP contribution in [0.15, 0.2) is 29.2 Å². The van der Waals surface area contributed by atoms with Crippen molar-refractivity contribution in [2.24, 2.45) is 0 Å². The molecule has 1 fully saturated rings. The van der Waals surface area contributed by atoms with Crippen molar-refractivity contribution < 1.29 is 9.59 Å². The molecule has 2 unspecified atom stereocenters. The van der Waals surface area contributed by atoms with Crippen LogP contribution in [-0.4, -0.2) is 35.6 Å². The van der Waals surface area contributed by atoms with Crippen LogP contribution in [0, 0.1) is 0 Å². The number of likely N-dealkylation sites (tertiary alicyclic amines) is 1. The highest BCUT2D eigenvalue weighted by Gasteiger charge is 2.34. The number of amides is 2. The van der Waals surface area contributed by atoms with E-state index in [-0.39, 0.29) is 23.9 Å². The molecule has 1 N–H and O–H groups in total. The first-order valence-corrected chi connectivity index (χ1v) is 7.93. The monoisotopic (exact) mass is 290 g/mol. The molecule has 0 aromatic heterocycles. The van der Waals surface area contributed by atoms with Crippen molar-refractivity contribution in [3.8, 4) is 0 Å². The molecule has 0 radical (unpaired) electrons. The summed E-state index contributed by atoms with van der Waals surface area (Å²) in [5.41, 5.74) is 1.27. The Morgan fingerprint density at radius 1 is 1.20 bits per heavy atom. The molecule has 1 aromatic carbocycles. The van der Waals surface area contributed by atoms with E-state index in [0.717, 1.165) is 12.2 Å². The Morgan fingerprint density at radius 2 is 2.00 bits per heavy atom. The van der Waals surface area contributed by atoms with Gasteiger partial charge in [0.1, 0.15) is 0 Å². The summed E-state index contributed by atoms with van der Waals surface area (Å²) in [6.07, 6.45) is 2.07. The summed E-state index contributed by atoms with van der Waals surface area (Å²) < 4.78 is 0. The summed E-state index contributed by atoms with van der Waals surface area (Å²) in [5.74, 6) is 0.884. The number of thioether (sulfide) groups is 1. The second-order valence-electron chi connectivity index (χ2n) is 5.28. The summed E-state index contributed by atoms with van der Waals surface area (Å²) in [5, 5.41) is 3.46. The van der Waals surface area contributed by atoms with E-state index in [4.69, 9.17) is 0 Å². The molecule has 3 rings (SSSR count). The molecule has 4 nitrogen and oxygen atoms in total. The molecule has 1 aromatic rings. The average Bonchev–Trinajstić information content (AvgIpc) is 2.48. The van der Waals surface area contributed by atoms with Crippen molar-refractivity contribution in [1.82, 2.24) is 10.2 Å². The Labute approximate surface area is 122 Å². The van der Waals surface area contributed by atoms with E-state index in [1.807, 2.05) is 23.9 Å². The minimum absolute atomic E-state index is 0.0763. The number of likely N-dealkylation sites (N-methyl/N-ethyl adjacent to an activating group) is 1.